The second kappa shape index (κ2) is 11.3. The number of carbonyl (C=O) groups is 2. The molecule has 1 N–H and O–H groups in total. The number of unbranched alkanes of at least 4 members (excludes halogenated alkanes) is 5. The summed E-state index contributed by atoms with van der Waals surface area (Å²) in [5, 5.41) is 7.47. The molecule has 0 rings (SSSR count). The van der Waals surface area contributed by atoms with Gasteiger partial charge in [-0.1, -0.05) is 39.0 Å². The summed E-state index contributed by atoms with van der Waals surface area (Å²) in [7, 11) is 0. The second-order valence-corrected chi connectivity index (χ2v) is 4.73. The largest absolute Gasteiger partial charge is 0.481 e. The molecule has 0 aliphatic carbocycles. The van der Waals surface area contributed by atoms with Gasteiger partial charge in [0.2, 0.25) is 0 Å². The molecule has 18 heavy (non-hydrogen) atoms. The molecule has 1 unspecified atom stereocenters. The molecule has 0 aromatic heterocycles. The summed E-state index contributed by atoms with van der Waals surface area (Å²) in [6.07, 6.45) is 6.31. The molecule has 0 aromatic carbocycles. The standard InChI is InChI=1S/C12H22O5S/c1-2-3-4-5-6-7-8-16-17-12(15)10(18)9-11(13)14/h10,18H,2-9H2,1H3,(H,13,14). The summed E-state index contributed by atoms with van der Waals surface area (Å²) in [5.74, 6) is -1.85. The zero-order chi connectivity index (χ0) is 13.8. The highest BCUT2D eigenvalue weighted by molar-refractivity contribution is 7.81. The van der Waals surface area contributed by atoms with E-state index in [9.17, 15) is 9.59 Å². The summed E-state index contributed by atoms with van der Waals surface area (Å²) < 4.78 is 0. The van der Waals surface area contributed by atoms with Gasteiger partial charge in [-0.15, -0.1) is 0 Å². The van der Waals surface area contributed by atoms with Crippen LogP contribution in [0.5, 0.6) is 0 Å². The third kappa shape index (κ3) is 10.4. The molecule has 0 amide bonds. The first kappa shape index (κ1) is 17.2. The molecular weight excluding hydrogens is 256 g/mol. The van der Waals surface area contributed by atoms with Crippen LogP contribution in [0.25, 0.3) is 0 Å². The number of rotatable bonds is 11. The van der Waals surface area contributed by atoms with Crippen molar-refractivity contribution in [2.75, 3.05) is 6.61 Å². The van der Waals surface area contributed by atoms with Gasteiger partial charge in [-0.05, 0) is 6.42 Å². The first-order valence-corrected chi connectivity index (χ1v) is 6.82. The van der Waals surface area contributed by atoms with Crippen molar-refractivity contribution in [2.45, 2.75) is 57.1 Å². The lowest BCUT2D eigenvalue weighted by Crippen LogP contribution is -2.21. The fraction of sp³-hybridized carbons (Fsp3) is 0.833. The Morgan fingerprint density at radius 2 is 1.78 bits per heavy atom. The molecule has 0 saturated heterocycles. The lowest BCUT2D eigenvalue weighted by Gasteiger charge is -2.07. The third-order valence-corrected chi connectivity index (χ3v) is 2.76. The predicted octanol–water partition coefficient (Wildman–Crippen LogP) is 2.59. The van der Waals surface area contributed by atoms with Gasteiger partial charge in [0.1, 0.15) is 5.25 Å². The first-order valence-electron chi connectivity index (χ1n) is 6.31. The molecule has 0 radical (unpaired) electrons. The smallest absolute Gasteiger partial charge is 0.355 e. The average molecular weight is 278 g/mol. The topological polar surface area (TPSA) is 72.8 Å². The highest BCUT2D eigenvalue weighted by atomic mass is 32.1. The lowest BCUT2D eigenvalue weighted by atomic mass is 10.1. The van der Waals surface area contributed by atoms with Crippen molar-refractivity contribution in [1.82, 2.24) is 0 Å². The molecule has 0 aliphatic heterocycles. The van der Waals surface area contributed by atoms with Crippen LogP contribution in [0, 0.1) is 0 Å². The van der Waals surface area contributed by atoms with E-state index in [1.54, 1.807) is 0 Å². The SMILES string of the molecule is CCCCCCCCOOC(=O)C(S)CC(=O)O. The van der Waals surface area contributed by atoms with Gasteiger partial charge in [0, 0.05) is 0 Å². The Bertz CT molecular complexity index is 245. The van der Waals surface area contributed by atoms with Gasteiger partial charge in [-0.2, -0.15) is 17.5 Å². The molecule has 6 heteroatoms. The number of hydrogen-bond donors (Lipinski definition) is 2. The summed E-state index contributed by atoms with van der Waals surface area (Å²) in [6.45, 7) is 2.50. The van der Waals surface area contributed by atoms with E-state index >= 15 is 0 Å². The normalized spacial score (nSPS) is 12.1. The summed E-state index contributed by atoms with van der Waals surface area (Å²) >= 11 is 3.81. The number of carbonyl (C=O) groups excluding carboxylic acids is 1. The van der Waals surface area contributed by atoms with E-state index in [-0.39, 0.29) is 6.42 Å². The molecule has 0 spiro atoms. The quantitative estimate of drug-likeness (QED) is 0.263. The lowest BCUT2D eigenvalue weighted by molar-refractivity contribution is -0.272. The molecule has 106 valence electrons. The minimum absolute atomic E-state index is 0.339. The van der Waals surface area contributed by atoms with Crippen molar-refractivity contribution >= 4 is 24.6 Å². The minimum Gasteiger partial charge on any atom is -0.481 e. The van der Waals surface area contributed by atoms with Crippen molar-refractivity contribution in [3.8, 4) is 0 Å². The second-order valence-electron chi connectivity index (χ2n) is 4.11. The van der Waals surface area contributed by atoms with Crippen LogP contribution < -0.4 is 0 Å². The van der Waals surface area contributed by atoms with E-state index in [1.165, 1.54) is 19.3 Å². The van der Waals surface area contributed by atoms with Crippen molar-refractivity contribution in [2.24, 2.45) is 0 Å². The Hall–Kier alpha value is -0.750. The maximum Gasteiger partial charge on any atom is 0.355 e. The molecule has 0 heterocycles. The van der Waals surface area contributed by atoms with Gasteiger partial charge in [0.25, 0.3) is 0 Å². The fourth-order valence-electron chi connectivity index (χ4n) is 1.35. The number of carboxylic acids is 1. The van der Waals surface area contributed by atoms with Gasteiger partial charge >= 0.3 is 11.9 Å². The van der Waals surface area contributed by atoms with Crippen LogP contribution in [0.15, 0.2) is 0 Å². The van der Waals surface area contributed by atoms with Crippen LogP contribution in [-0.2, 0) is 19.4 Å². The predicted molar refractivity (Wildman–Crippen MR) is 70.4 cm³/mol. The highest BCUT2D eigenvalue weighted by Gasteiger charge is 2.19. The third-order valence-electron chi connectivity index (χ3n) is 2.36. The van der Waals surface area contributed by atoms with E-state index in [0.717, 1.165) is 19.3 Å². The van der Waals surface area contributed by atoms with Crippen molar-refractivity contribution < 1.29 is 24.5 Å². The zero-order valence-corrected chi connectivity index (χ0v) is 11.7. The Labute approximate surface area is 113 Å². The molecule has 0 aromatic rings. The van der Waals surface area contributed by atoms with Gasteiger partial charge in [0.15, 0.2) is 0 Å². The number of aliphatic carboxylic acids is 1. The first-order chi connectivity index (χ1) is 8.57. The maximum absolute atomic E-state index is 11.2. The van der Waals surface area contributed by atoms with Gasteiger partial charge < -0.3 is 5.11 Å². The zero-order valence-electron chi connectivity index (χ0n) is 10.8. The summed E-state index contributed by atoms with van der Waals surface area (Å²) in [6, 6.07) is 0. The van der Waals surface area contributed by atoms with Crippen molar-refractivity contribution in [3.05, 3.63) is 0 Å². The average Bonchev–Trinajstić information content (AvgIpc) is 2.31. The fourth-order valence-corrected chi connectivity index (χ4v) is 1.54. The van der Waals surface area contributed by atoms with Crippen LogP contribution in [0.3, 0.4) is 0 Å². The maximum atomic E-state index is 11.2. The number of thiol groups is 1. The number of hydrogen-bond acceptors (Lipinski definition) is 5. The molecule has 0 aliphatic rings. The van der Waals surface area contributed by atoms with Crippen LogP contribution >= 0.6 is 12.6 Å². The number of carboxylic acid groups (broad SMARTS) is 1. The summed E-state index contributed by atoms with van der Waals surface area (Å²) in [4.78, 5) is 30.7. The van der Waals surface area contributed by atoms with Crippen LogP contribution in [0.2, 0.25) is 0 Å². The van der Waals surface area contributed by atoms with E-state index in [2.05, 4.69) is 24.4 Å². The van der Waals surface area contributed by atoms with Gasteiger partial charge in [-0.25, -0.2) is 4.79 Å². The van der Waals surface area contributed by atoms with Crippen LogP contribution in [-0.4, -0.2) is 28.9 Å². The molecule has 1 atom stereocenters. The van der Waals surface area contributed by atoms with E-state index in [1.807, 2.05) is 0 Å². The molecule has 0 bridgehead atoms. The molecular formula is C12H22O5S. The molecule has 0 saturated carbocycles. The van der Waals surface area contributed by atoms with Gasteiger partial charge in [-0.3, -0.25) is 9.68 Å². The van der Waals surface area contributed by atoms with Crippen LogP contribution in [0.1, 0.15) is 51.9 Å². The van der Waals surface area contributed by atoms with E-state index in [4.69, 9.17) is 9.99 Å². The Kier molecular flexibility index (Phi) is 10.9. The van der Waals surface area contributed by atoms with Crippen molar-refractivity contribution in [1.29, 1.82) is 0 Å². The minimum atomic E-state index is -1.09. The van der Waals surface area contributed by atoms with E-state index < -0.39 is 17.2 Å². The van der Waals surface area contributed by atoms with Gasteiger partial charge in [0.05, 0.1) is 13.0 Å². The Morgan fingerprint density at radius 1 is 1.17 bits per heavy atom. The highest BCUT2D eigenvalue weighted by Crippen LogP contribution is 2.07. The van der Waals surface area contributed by atoms with E-state index in [0.29, 0.717) is 6.61 Å². The molecule has 0 fully saturated rings. The van der Waals surface area contributed by atoms with Crippen molar-refractivity contribution in [3.63, 3.8) is 0 Å². The monoisotopic (exact) mass is 278 g/mol. The summed E-state index contributed by atoms with van der Waals surface area (Å²) in [5.41, 5.74) is 0. The van der Waals surface area contributed by atoms with Crippen LogP contribution in [0.4, 0.5) is 0 Å². The molecule has 5 nitrogen and oxygen atoms in total. The Balaban J connectivity index is 3.37. The Morgan fingerprint density at radius 3 is 2.39 bits per heavy atom.